The van der Waals surface area contributed by atoms with Crippen LogP contribution in [0, 0.1) is 12.3 Å². The molecule has 9 nitrogen and oxygen atoms in total. The van der Waals surface area contributed by atoms with Crippen molar-refractivity contribution in [1.29, 1.82) is 0 Å². The number of amides is 2. The van der Waals surface area contributed by atoms with Gasteiger partial charge in [-0.2, -0.15) is 0 Å². The van der Waals surface area contributed by atoms with E-state index in [0.717, 1.165) is 0 Å². The zero-order valence-corrected chi connectivity index (χ0v) is 21.1. The first-order valence-corrected chi connectivity index (χ1v) is 12.5. The lowest BCUT2D eigenvalue weighted by molar-refractivity contribution is -0.120. The summed E-state index contributed by atoms with van der Waals surface area (Å²) in [6.45, 7) is 0.529. The van der Waals surface area contributed by atoms with Crippen molar-refractivity contribution in [1.82, 2.24) is 10.6 Å². The molecule has 4 rings (SSSR count). The van der Waals surface area contributed by atoms with Crippen LogP contribution in [0.4, 0.5) is 0 Å². The molecule has 1 aliphatic rings. The van der Waals surface area contributed by atoms with Crippen molar-refractivity contribution >= 4 is 17.8 Å². The standard InChI is InChI=1S/C30H28N2O7/c1-2-13-31-27(35)6-4-3-5-14-32-29(36)24-15-18(30(37)38)7-10-21(24)28-22-11-8-19(33)16-25(22)39-26-17-20(34)9-12-23(26)28/h1,7-12,15-17,28,33-34H,3-6,13-14H2,(H,31,35)(H,32,36)(H,37,38). The molecule has 0 saturated carbocycles. The number of hydrogen-bond acceptors (Lipinski definition) is 6. The van der Waals surface area contributed by atoms with E-state index < -0.39 is 17.8 Å². The van der Waals surface area contributed by atoms with Crippen LogP contribution in [-0.4, -0.2) is 46.2 Å². The second kappa shape index (κ2) is 12.0. The van der Waals surface area contributed by atoms with Gasteiger partial charge >= 0.3 is 5.97 Å². The number of carbonyl (C=O) groups is 3. The third-order valence-electron chi connectivity index (χ3n) is 6.45. The van der Waals surface area contributed by atoms with Gasteiger partial charge in [-0.3, -0.25) is 9.59 Å². The molecule has 0 unspecified atom stereocenters. The third kappa shape index (κ3) is 6.30. The highest BCUT2D eigenvalue weighted by atomic mass is 16.5. The molecular formula is C30H28N2O7. The Bertz CT molecular complexity index is 1410. The number of carboxylic acids is 1. The van der Waals surface area contributed by atoms with E-state index in [2.05, 4.69) is 16.6 Å². The molecule has 1 heterocycles. The maximum Gasteiger partial charge on any atom is 0.335 e. The van der Waals surface area contributed by atoms with Gasteiger partial charge in [0.15, 0.2) is 0 Å². The highest BCUT2D eigenvalue weighted by molar-refractivity contribution is 5.99. The summed E-state index contributed by atoms with van der Waals surface area (Å²) in [6.07, 6.45) is 7.44. The fraction of sp³-hybridized carbons (Fsp3) is 0.233. The molecule has 0 atom stereocenters. The van der Waals surface area contributed by atoms with E-state index in [4.69, 9.17) is 11.2 Å². The number of fused-ring (bicyclic) bond motifs is 2. The second-order valence-corrected chi connectivity index (χ2v) is 9.13. The minimum atomic E-state index is -1.17. The fourth-order valence-corrected chi connectivity index (χ4v) is 4.58. The van der Waals surface area contributed by atoms with Crippen LogP contribution in [0.1, 0.15) is 69.0 Å². The lowest BCUT2D eigenvalue weighted by atomic mass is 9.80. The summed E-state index contributed by atoms with van der Waals surface area (Å²) in [4.78, 5) is 36.8. The summed E-state index contributed by atoms with van der Waals surface area (Å²) in [7, 11) is 0. The molecule has 0 saturated heterocycles. The average Bonchev–Trinajstić information content (AvgIpc) is 2.91. The number of aromatic carboxylic acids is 1. The minimum Gasteiger partial charge on any atom is -0.508 e. The highest BCUT2D eigenvalue weighted by Gasteiger charge is 2.32. The monoisotopic (exact) mass is 528 g/mol. The van der Waals surface area contributed by atoms with E-state index in [1.54, 1.807) is 18.2 Å². The number of carbonyl (C=O) groups excluding carboxylic acids is 2. The average molecular weight is 529 g/mol. The summed E-state index contributed by atoms with van der Waals surface area (Å²) < 4.78 is 5.94. The van der Waals surface area contributed by atoms with Crippen LogP contribution < -0.4 is 15.4 Å². The molecule has 39 heavy (non-hydrogen) atoms. The molecule has 0 radical (unpaired) electrons. The van der Waals surface area contributed by atoms with Crippen molar-refractivity contribution in [3.8, 4) is 35.3 Å². The van der Waals surface area contributed by atoms with Gasteiger partial charge in [-0.25, -0.2) is 4.79 Å². The van der Waals surface area contributed by atoms with Crippen molar-refractivity contribution in [2.24, 2.45) is 0 Å². The summed E-state index contributed by atoms with van der Waals surface area (Å²) >= 11 is 0. The van der Waals surface area contributed by atoms with Gasteiger partial charge in [-0.1, -0.05) is 30.5 Å². The first-order chi connectivity index (χ1) is 18.8. The molecule has 1 aliphatic heterocycles. The second-order valence-electron chi connectivity index (χ2n) is 9.13. The van der Waals surface area contributed by atoms with Crippen LogP contribution in [0.25, 0.3) is 0 Å². The Labute approximate surface area is 225 Å². The number of unbranched alkanes of at least 4 members (excludes halogenated alkanes) is 2. The smallest absolute Gasteiger partial charge is 0.335 e. The SMILES string of the molecule is C#CCNC(=O)CCCCCNC(=O)c1cc(C(=O)O)ccc1C1c2ccc(O)cc2Oc2cc(O)ccc21. The Morgan fingerprint density at radius 1 is 0.846 bits per heavy atom. The number of nitrogens with one attached hydrogen (secondary N) is 2. The normalized spacial score (nSPS) is 11.9. The number of carboxylic acid groups (broad SMARTS) is 1. The zero-order valence-electron chi connectivity index (χ0n) is 21.1. The van der Waals surface area contributed by atoms with Gasteiger partial charge in [0.25, 0.3) is 5.91 Å². The fourth-order valence-electron chi connectivity index (χ4n) is 4.58. The molecule has 3 aromatic carbocycles. The number of ether oxygens (including phenoxy) is 1. The molecule has 0 bridgehead atoms. The predicted octanol–water partition coefficient (Wildman–Crippen LogP) is 4.12. The van der Waals surface area contributed by atoms with Crippen molar-refractivity contribution < 1.29 is 34.4 Å². The molecule has 200 valence electrons. The lowest BCUT2D eigenvalue weighted by Crippen LogP contribution is -2.27. The van der Waals surface area contributed by atoms with Gasteiger partial charge in [0.05, 0.1) is 12.1 Å². The maximum absolute atomic E-state index is 13.4. The van der Waals surface area contributed by atoms with Crippen molar-refractivity contribution in [2.75, 3.05) is 13.1 Å². The van der Waals surface area contributed by atoms with Gasteiger partial charge in [-0.15, -0.1) is 6.42 Å². The highest BCUT2D eigenvalue weighted by Crippen LogP contribution is 2.49. The van der Waals surface area contributed by atoms with Crippen molar-refractivity contribution in [3.63, 3.8) is 0 Å². The van der Waals surface area contributed by atoms with Gasteiger partial charge < -0.3 is 30.7 Å². The van der Waals surface area contributed by atoms with Crippen molar-refractivity contribution in [2.45, 2.75) is 31.6 Å². The molecule has 0 spiro atoms. The van der Waals surface area contributed by atoms with Crippen LogP contribution in [-0.2, 0) is 4.79 Å². The first-order valence-electron chi connectivity index (χ1n) is 12.5. The van der Waals surface area contributed by atoms with E-state index in [-0.39, 0.29) is 35.1 Å². The predicted molar refractivity (Wildman–Crippen MR) is 143 cm³/mol. The van der Waals surface area contributed by atoms with Crippen LogP contribution in [0.3, 0.4) is 0 Å². The molecule has 0 fully saturated rings. The van der Waals surface area contributed by atoms with E-state index >= 15 is 0 Å². The van der Waals surface area contributed by atoms with Crippen LogP contribution in [0.15, 0.2) is 54.6 Å². The topological polar surface area (TPSA) is 145 Å². The van der Waals surface area contributed by atoms with Crippen molar-refractivity contribution in [3.05, 3.63) is 82.4 Å². The van der Waals surface area contributed by atoms with Crippen LogP contribution in [0.5, 0.6) is 23.0 Å². The molecule has 3 aromatic rings. The third-order valence-corrected chi connectivity index (χ3v) is 6.45. The van der Waals surface area contributed by atoms with Gasteiger partial charge in [-0.05, 0) is 42.7 Å². The van der Waals surface area contributed by atoms with Crippen LogP contribution >= 0.6 is 0 Å². The Balaban J connectivity index is 1.59. The maximum atomic E-state index is 13.4. The van der Waals surface area contributed by atoms with E-state index in [0.29, 0.717) is 60.4 Å². The van der Waals surface area contributed by atoms with E-state index in [9.17, 15) is 29.7 Å². The number of rotatable bonds is 10. The molecule has 9 heteroatoms. The van der Waals surface area contributed by atoms with Crippen LogP contribution in [0.2, 0.25) is 0 Å². The number of hydrogen-bond donors (Lipinski definition) is 5. The Kier molecular flexibility index (Phi) is 8.37. The Hall–Kier alpha value is -4.97. The summed E-state index contributed by atoms with van der Waals surface area (Å²) in [5.74, 6) is 0.790. The molecular weight excluding hydrogens is 500 g/mol. The lowest BCUT2D eigenvalue weighted by Gasteiger charge is -2.30. The molecule has 0 aliphatic carbocycles. The van der Waals surface area contributed by atoms with Gasteiger partial charge in [0, 0.05) is 47.7 Å². The number of benzene rings is 3. The molecule has 5 N–H and O–H groups in total. The van der Waals surface area contributed by atoms with E-state index in [1.165, 1.54) is 36.4 Å². The summed E-state index contributed by atoms with van der Waals surface area (Å²) in [5, 5.41) is 35.1. The quantitative estimate of drug-likeness (QED) is 0.154. The minimum absolute atomic E-state index is 0.0103. The Morgan fingerprint density at radius 3 is 2.10 bits per heavy atom. The summed E-state index contributed by atoms with van der Waals surface area (Å²) in [5.41, 5.74) is 2.04. The number of phenols is 2. The van der Waals surface area contributed by atoms with Gasteiger partial charge in [0.2, 0.25) is 5.91 Å². The molecule has 2 amide bonds. The van der Waals surface area contributed by atoms with Gasteiger partial charge in [0.1, 0.15) is 23.0 Å². The number of terminal acetylenes is 1. The van der Waals surface area contributed by atoms with E-state index in [1.807, 2.05) is 0 Å². The largest absolute Gasteiger partial charge is 0.508 e. The number of aromatic hydroxyl groups is 2. The first kappa shape index (κ1) is 27.1. The zero-order chi connectivity index (χ0) is 27.9. The number of phenolic OH excluding ortho intramolecular Hbond substituents is 2. The molecule has 0 aromatic heterocycles. The Morgan fingerprint density at radius 2 is 1.49 bits per heavy atom. The summed E-state index contributed by atoms with van der Waals surface area (Å²) in [6, 6.07) is 13.7.